The Labute approximate surface area is 135 Å². The summed E-state index contributed by atoms with van der Waals surface area (Å²) in [6.45, 7) is 15.3. The Morgan fingerprint density at radius 1 is 1.05 bits per heavy atom. The van der Waals surface area contributed by atoms with Crippen molar-refractivity contribution in [3.63, 3.8) is 0 Å². The van der Waals surface area contributed by atoms with Crippen LogP contribution in [0, 0.1) is 5.41 Å². The molecule has 1 nitrogen and oxygen atoms in total. The molecule has 1 heterocycles. The van der Waals surface area contributed by atoms with Crippen LogP contribution >= 0.6 is 0 Å². The van der Waals surface area contributed by atoms with Gasteiger partial charge in [0.1, 0.15) is 0 Å². The van der Waals surface area contributed by atoms with Gasteiger partial charge in [0.25, 0.3) is 0 Å². The zero-order valence-corrected chi connectivity index (χ0v) is 14.8. The van der Waals surface area contributed by atoms with Gasteiger partial charge >= 0.3 is 0 Å². The van der Waals surface area contributed by atoms with Gasteiger partial charge in [0, 0.05) is 10.8 Å². The van der Waals surface area contributed by atoms with E-state index in [9.17, 15) is 0 Å². The zero-order chi connectivity index (χ0) is 16.2. The third kappa shape index (κ3) is 2.46. The topological polar surface area (TPSA) is 9.23 Å². The summed E-state index contributed by atoms with van der Waals surface area (Å²) in [4.78, 5) is 0. The highest BCUT2D eigenvalue weighted by molar-refractivity contribution is 5.58. The molecule has 1 saturated heterocycles. The number of rotatable bonds is 0. The summed E-state index contributed by atoms with van der Waals surface area (Å²) in [5.41, 5.74) is 5.90. The fraction of sp³-hybridized carbons (Fsp3) is 0.524. The van der Waals surface area contributed by atoms with Crippen molar-refractivity contribution in [1.29, 1.82) is 0 Å². The van der Waals surface area contributed by atoms with Crippen molar-refractivity contribution < 1.29 is 4.74 Å². The first kappa shape index (κ1) is 15.6. The summed E-state index contributed by atoms with van der Waals surface area (Å²) in [5.74, 6) is 0. The van der Waals surface area contributed by atoms with E-state index in [2.05, 4.69) is 78.0 Å². The highest BCUT2D eigenvalue weighted by Crippen LogP contribution is 2.50. The number of ether oxygens (including phenoxy) is 1. The summed E-state index contributed by atoms with van der Waals surface area (Å²) < 4.78 is 6.02. The number of fused-ring (bicyclic) bond motifs is 3. The average Bonchev–Trinajstić information content (AvgIpc) is 2.40. The van der Waals surface area contributed by atoms with Crippen LogP contribution in [0.1, 0.15) is 52.7 Å². The molecule has 0 amide bonds. The van der Waals surface area contributed by atoms with E-state index in [1.165, 1.54) is 22.3 Å². The Kier molecular flexibility index (Phi) is 3.41. The van der Waals surface area contributed by atoms with Gasteiger partial charge in [-0.3, -0.25) is 0 Å². The third-order valence-electron chi connectivity index (χ3n) is 4.92. The molecule has 0 N–H and O–H groups in total. The fourth-order valence-corrected chi connectivity index (χ4v) is 3.96. The summed E-state index contributed by atoms with van der Waals surface area (Å²) >= 11 is 0. The molecule has 1 unspecified atom stereocenters. The van der Waals surface area contributed by atoms with Gasteiger partial charge in [-0.1, -0.05) is 71.0 Å². The zero-order valence-electron chi connectivity index (χ0n) is 14.8. The Hall–Kier alpha value is -1.34. The molecule has 0 saturated carbocycles. The normalized spacial score (nSPS) is 28.8. The van der Waals surface area contributed by atoms with Gasteiger partial charge in [0.05, 0.1) is 13.2 Å². The van der Waals surface area contributed by atoms with Crippen LogP contribution in [0.3, 0.4) is 0 Å². The highest BCUT2D eigenvalue weighted by Gasteiger charge is 2.44. The van der Waals surface area contributed by atoms with Crippen molar-refractivity contribution in [2.24, 2.45) is 5.41 Å². The van der Waals surface area contributed by atoms with Crippen molar-refractivity contribution in [3.05, 3.63) is 58.7 Å². The Morgan fingerprint density at radius 3 is 2.32 bits per heavy atom. The van der Waals surface area contributed by atoms with E-state index in [0.29, 0.717) is 0 Å². The largest absolute Gasteiger partial charge is 0.376 e. The van der Waals surface area contributed by atoms with Crippen LogP contribution in [-0.4, -0.2) is 13.2 Å². The maximum Gasteiger partial charge on any atom is 0.0717 e. The molecule has 1 aliphatic heterocycles. The molecular formula is C21H28O. The molecule has 0 aromatic heterocycles. The predicted molar refractivity (Wildman–Crippen MR) is 93.3 cm³/mol. The monoisotopic (exact) mass is 296 g/mol. The van der Waals surface area contributed by atoms with Crippen molar-refractivity contribution >= 4 is 0 Å². The van der Waals surface area contributed by atoms with Gasteiger partial charge < -0.3 is 4.74 Å². The van der Waals surface area contributed by atoms with Gasteiger partial charge in [0.15, 0.2) is 0 Å². The quantitative estimate of drug-likeness (QED) is 0.642. The highest BCUT2D eigenvalue weighted by atomic mass is 16.5. The standard InChI is InChI=1S/C21H28O/c1-19(2,3)11-15-13-22-14-21(6)17-10-8-7-9-16(17)20(4,5)12-18(15)21/h7-12H,13-14H2,1-6H3/b15-11+. The maximum absolute atomic E-state index is 6.02. The molecule has 3 rings (SSSR count). The minimum atomic E-state index is -0.0263. The molecule has 0 bridgehead atoms. The van der Waals surface area contributed by atoms with E-state index in [-0.39, 0.29) is 16.2 Å². The Morgan fingerprint density at radius 2 is 1.68 bits per heavy atom. The number of hydrogen-bond donors (Lipinski definition) is 0. The van der Waals surface area contributed by atoms with Crippen LogP contribution in [0.25, 0.3) is 0 Å². The van der Waals surface area contributed by atoms with Crippen LogP contribution in [0.5, 0.6) is 0 Å². The molecule has 0 radical (unpaired) electrons. The Balaban J connectivity index is 2.22. The summed E-state index contributed by atoms with van der Waals surface area (Å²) in [7, 11) is 0. The molecule has 118 valence electrons. The van der Waals surface area contributed by atoms with Gasteiger partial charge in [-0.05, 0) is 34.6 Å². The fourth-order valence-electron chi connectivity index (χ4n) is 3.96. The lowest BCUT2D eigenvalue weighted by Gasteiger charge is -2.46. The van der Waals surface area contributed by atoms with E-state index in [4.69, 9.17) is 4.74 Å². The van der Waals surface area contributed by atoms with Crippen LogP contribution in [-0.2, 0) is 15.6 Å². The Bertz CT molecular complexity index is 655. The molecule has 22 heavy (non-hydrogen) atoms. The summed E-state index contributed by atoms with van der Waals surface area (Å²) in [5, 5.41) is 0. The van der Waals surface area contributed by atoms with E-state index in [0.717, 1.165) is 13.2 Å². The molecule has 1 aliphatic carbocycles. The number of benzene rings is 1. The van der Waals surface area contributed by atoms with Crippen LogP contribution in [0.4, 0.5) is 0 Å². The van der Waals surface area contributed by atoms with Gasteiger partial charge in [-0.25, -0.2) is 0 Å². The minimum absolute atomic E-state index is 0.0263. The summed E-state index contributed by atoms with van der Waals surface area (Å²) in [6, 6.07) is 8.87. The van der Waals surface area contributed by atoms with Crippen molar-refractivity contribution in [2.75, 3.05) is 13.2 Å². The van der Waals surface area contributed by atoms with Crippen molar-refractivity contribution in [1.82, 2.24) is 0 Å². The van der Waals surface area contributed by atoms with Crippen molar-refractivity contribution in [3.8, 4) is 0 Å². The first-order valence-electron chi connectivity index (χ1n) is 8.27. The lowest BCUT2D eigenvalue weighted by molar-refractivity contribution is 0.0960. The van der Waals surface area contributed by atoms with E-state index in [1.54, 1.807) is 0 Å². The van der Waals surface area contributed by atoms with Gasteiger partial charge in [-0.15, -0.1) is 0 Å². The second-order valence-electron chi connectivity index (χ2n) is 8.69. The maximum atomic E-state index is 6.02. The predicted octanol–water partition coefficient (Wildman–Crippen LogP) is 5.16. The van der Waals surface area contributed by atoms with Crippen molar-refractivity contribution in [2.45, 2.75) is 52.4 Å². The molecular weight excluding hydrogens is 268 g/mol. The molecule has 1 aromatic carbocycles. The summed E-state index contributed by atoms with van der Waals surface area (Å²) in [6.07, 6.45) is 4.87. The average molecular weight is 296 g/mol. The third-order valence-corrected chi connectivity index (χ3v) is 4.92. The lowest BCUT2D eigenvalue weighted by atomic mass is 9.61. The van der Waals surface area contributed by atoms with Gasteiger partial charge in [0.2, 0.25) is 0 Å². The number of allylic oxidation sites excluding steroid dienone is 2. The molecule has 1 fully saturated rings. The smallest absolute Gasteiger partial charge is 0.0717 e. The first-order chi connectivity index (χ1) is 10.1. The van der Waals surface area contributed by atoms with Crippen LogP contribution in [0.2, 0.25) is 0 Å². The minimum Gasteiger partial charge on any atom is -0.376 e. The van der Waals surface area contributed by atoms with Crippen LogP contribution < -0.4 is 0 Å². The molecule has 1 aromatic rings. The van der Waals surface area contributed by atoms with Gasteiger partial charge in [-0.2, -0.15) is 0 Å². The number of hydrogen-bond acceptors (Lipinski definition) is 1. The molecule has 1 atom stereocenters. The molecule has 0 spiro atoms. The van der Waals surface area contributed by atoms with E-state index >= 15 is 0 Å². The first-order valence-corrected chi connectivity index (χ1v) is 8.27. The lowest BCUT2D eigenvalue weighted by Crippen LogP contribution is -2.43. The van der Waals surface area contributed by atoms with E-state index in [1.807, 2.05) is 0 Å². The second-order valence-corrected chi connectivity index (χ2v) is 8.69. The molecule has 2 aliphatic rings. The molecule has 1 heteroatoms. The van der Waals surface area contributed by atoms with E-state index < -0.39 is 0 Å². The van der Waals surface area contributed by atoms with Crippen LogP contribution in [0.15, 0.2) is 47.6 Å². The second kappa shape index (κ2) is 4.83. The SMILES string of the molecule is CC(C)(C)/C=C1\COCC2(C)C1=CC(C)(C)c1ccccc12.